The van der Waals surface area contributed by atoms with Gasteiger partial charge in [0.1, 0.15) is 10.6 Å². The zero-order valence-electron chi connectivity index (χ0n) is 11.3. The van der Waals surface area contributed by atoms with E-state index in [-0.39, 0.29) is 0 Å². The lowest BCUT2D eigenvalue weighted by molar-refractivity contribution is 0.467. The van der Waals surface area contributed by atoms with Gasteiger partial charge in [0.05, 0.1) is 11.6 Å². The fourth-order valence-corrected chi connectivity index (χ4v) is 2.79. The number of aromatic nitrogens is 3. The van der Waals surface area contributed by atoms with E-state index < -0.39 is 0 Å². The second-order valence-electron chi connectivity index (χ2n) is 4.18. The third kappa shape index (κ3) is 2.42. The minimum atomic E-state index is 0.556. The van der Waals surface area contributed by atoms with Crippen molar-refractivity contribution in [2.45, 2.75) is 13.3 Å². The molecule has 0 saturated heterocycles. The van der Waals surface area contributed by atoms with Gasteiger partial charge in [-0.2, -0.15) is 4.98 Å². The molecule has 3 rings (SSSR count). The fourth-order valence-electron chi connectivity index (χ4n) is 1.83. The summed E-state index contributed by atoms with van der Waals surface area (Å²) in [5.74, 6) is 1.78. The van der Waals surface area contributed by atoms with Gasteiger partial charge in [0.25, 0.3) is 0 Å². The Hall–Kier alpha value is -2.21. The highest BCUT2D eigenvalue weighted by molar-refractivity contribution is 7.18. The van der Waals surface area contributed by atoms with Crippen LogP contribution in [0.3, 0.4) is 0 Å². The normalized spacial score (nSPS) is 10.7. The van der Waals surface area contributed by atoms with Crippen molar-refractivity contribution in [2.75, 3.05) is 12.4 Å². The van der Waals surface area contributed by atoms with Crippen molar-refractivity contribution in [3.63, 3.8) is 0 Å². The molecule has 0 aliphatic carbocycles. The first-order chi connectivity index (χ1) is 9.80. The van der Waals surface area contributed by atoms with E-state index in [1.165, 1.54) is 4.88 Å². The Bertz CT molecular complexity index is 727. The molecule has 20 heavy (non-hydrogen) atoms. The molecule has 0 saturated carbocycles. The molecule has 0 aliphatic rings. The number of nitrogens with one attached hydrogen (secondary N) is 1. The largest absolute Gasteiger partial charge is 0.437 e. The zero-order chi connectivity index (χ0) is 13.9. The number of nitrogens with zero attached hydrogens (tertiary/aromatic N) is 3. The molecule has 0 aliphatic heterocycles. The maximum atomic E-state index is 5.85. The van der Waals surface area contributed by atoms with Crippen LogP contribution in [0.1, 0.15) is 11.8 Å². The number of rotatable bonds is 4. The summed E-state index contributed by atoms with van der Waals surface area (Å²) in [6.07, 6.45) is 4.35. The highest BCUT2D eigenvalue weighted by Crippen LogP contribution is 2.33. The third-order valence-electron chi connectivity index (χ3n) is 2.83. The molecule has 0 unspecified atom stereocenters. The maximum Gasteiger partial charge on any atom is 0.232 e. The van der Waals surface area contributed by atoms with Gasteiger partial charge in [-0.15, -0.1) is 11.3 Å². The molecule has 3 heterocycles. The number of ether oxygens (including phenoxy) is 1. The molecule has 6 heteroatoms. The molecule has 0 fully saturated rings. The lowest BCUT2D eigenvalue weighted by Gasteiger charge is -2.06. The standard InChI is InChI=1S/C14H14N4OS/c1-3-10-7-11-12(19-9-5-4-6-16-8-9)17-14(15-2)18-13(11)20-10/h4-8H,3H2,1-2H3,(H,15,17,18). The summed E-state index contributed by atoms with van der Waals surface area (Å²) >= 11 is 1.66. The summed E-state index contributed by atoms with van der Waals surface area (Å²) in [6.45, 7) is 2.12. The molecule has 0 spiro atoms. The van der Waals surface area contributed by atoms with Gasteiger partial charge in [-0.25, -0.2) is 4.98 Å². The molecule has 0 aromatic carbocycles. The molecule has 3 aromatic rings. The molecule has 0 radical (unpaired) electrons. The SMILES string of the molecule is CCc1cc2c(Oc3cccnc3)nc(NC)nc2s1. The Morgan fingerprint density at radius 1 is 1.35 bits per heavy atom. The minimum Gasteiger partial charge on any atom is -0.437 e. The lowest BCUT2D eigenvalue weighted by Crippen LogP contribution is -1.98. The number of fused-ring (bicyclic) bond motifs is 1. The van der Waals surface area contributed by atoms with Crippen molar-refractivity contribution < 1.29 is 4.74 Å². The van der Waals surface area contributed by atoms with Crippen LogP contribution < -0.4 is 10.1 Å². The number of thiophene rings is 1. The van der Waals surface area contributed by atoms with Crippen molar-refractivity contribution in [2.24, 2.45) is 0 Å². The second-order valence-corrected chi connectivity index (χ2v) is 5.29. The first kappa shape index (κ1) is 12.8. The van der Waals surface area contributed by atoms with Gasteiger partial charge in [0.2, 0.25) is 11.8 Å². The Balaban J connectivity index is 2.09. The van der Waals surface area contributed by atoms with Crippen LogP contribution in [0.15, 0.2) is 30.6 Å². The average molecular weight is 286 g/mol. The fraction of sp³-hybridized carbons (Fsp3) is 0.214. The molecule has 1 N–H and O–H groups in total. The summed E-state index contributed by atoms with van der Waals surface area (Å²) < 4.78 is 5.85. The number of aryl methyl sites for hydroxylation is 1. The quantitative estimate of drug-likeness (QED) is 0.795. The first-order valence-electron chi connectivity index (χ1n) is 6.36. The van der Waals surface area contributed by atoms with E-state index in [1.807, 2.05) is 12.1 Å². The zero-order valence-corrected chi connectivity index (χ0v) is 12.1. The van der Waals surface area contributed by atoms with Gasteiger partial charge in [0.15, 0.2) is 0 Å². The highest BCUT2D eigenvalue weighted by atomic mass is 32.1. The van der Waals surface area contributed by atoms with Gasteiger partial charge >= 0.3 is 0 Å². The van der Waals surface area contributed by atoms with Crippen molar-refractivity contribution in [1.82, 2.24) is 15.0 Å². The van der Waals surface area contributed by atoms with E-state index >= 15 is 0 Å². The average Bonchev–Trinajstić information content (AvgIpc) is 2.91. The van der Waals surface area contributed by atoms with Gasteiger partial charge in [-0.1, -0.05) is 6.92 Å². The van der Waals surface area contributed by atoms with Gasteiger partial charge in [-0.3, -0.25) is 4.98 Å². The molecular weight excluding hydrogens is 272 g/mol. The summed E-state index contributed by atoms with van der Waals surface area (Å²) in [7, 11) is 1.79. The van der Waals surface area contributed by atoms with Crippen LogP contribution in [-0.2, 0) is 6.42 Å². The van der Waals surface area contributed by atoms with Crippen molar-refractivity contribution in [3.8, 4) is 11.6 Å². The van der Waals surface area contributed by atoms with E-state index in [2.05, 4.69) is 33.3 Å². The highest BCUT2D eigenvalue weighted by Gasteiger charge is 2.12. The molecule has 0 bridgehead atoms. The molecule has 102 valence electrons. The van der Waals surface area contributed by atoms with Crippen LogP contribution in [0.4, 0.5) is 5.95 Å². The Kier molecular flexibility index (Phi) is 3.47. The summed E-state index contributed by atoms with van der Waals surface area (Å²) in [5, 5.41) is 3.90. The third-order valence-corrected chi connectivity index (χ3v) is 4.00. The van der Waals surface area contributed by atoms with Crippen LogP contribution in [0.25, 0.3) is 10.2 Å². The molecule has 5 nitrogen and oxygen atoms in total. The van der Waals surface area contributed by atoms with E-state index in [1.54, 1.807) is 30.8 Å². The minimum absolute atomic E-state index is 0.556. The van der Waals surface area contributed by atoms with Crippen molar-refractivity contribution >= 4 is 27.5 Å². The number of hydrogen-bond donors (Lipinski definition) is 1. The lowest BCUT2D eigenvalue weighted by atomic mass is 10.3. The van der Waals surface area contributed by atoms with Crippen LogP contribution in [0, 0.1) is 0 Å². The van der Waals surface area contributed by atoms with Gasteiger partial charge in [0, 0.05) is 18.1 Å². The Morgan fingerprint density at radius 3 is 2.95 bits per heavy atom. The molecular formula is C14H14N4OS. The van der Waals surface area contributed by atoms with Crippen LogP contribution in [-0.4, -0.2) is 22.0 Å². The van der Waals surface area contributed by atoms with Crippen LogP contribution in [0.5, 0.6) is 11.6 Å². The first-order valence-corrected chi connectivity index (χ1v) is 7.18. The van der Waals surface area contributed by atoms with E-state index in [0.29, 0.717) is 17.6 Å². The van der Waals surface area contributed by atoms with Gasteiger partial charge < -0.3 is 10.1 Å². The number of hydrogen-bond acceptors (Lipinski definition) is 6. The predicted octanol–water partition coefficient (Wildman–Crippen LogP) is 3.48. The number of anilines is 1. The maximum absolute atomic E-state index is 5.85. The molecule has 0 atom stereocenters. The monoisotopic (exact) mass is 286 g/mol. The summed E-state index contributed by atoms with van der Waals surface area (Å²) in [4.78, 5) is 15.1. The smallest absolute Gasteiger partial charge is 0.232 e. The van der Waals surface area contributed by atoms with E-state index in [0.717, 1.165) is 16.6 Å². The van der Waals surface area contributed by atoms with E-state index in [9.17, 15) is 0 Å². The molecule has 0 amide bonds. The van der Waals surface area contributed by atoms with Crippen LogP contribution >= 0.6 is 11.3 Å². The molecule has 3 aromatic heterocycles. The topological polar surface area (TPSA) is 59.9 Å². The van der Waals surface area contributed by atoms with Crippen LogP contribution in [0.2, 0.25) is 0 Å². The predicted molar refractivity (Wildman–Crippen MR) is 80.7 cm³/mol. The van der Waals surface area contributed by atoms with E-state index in [4.69, 9.17) is 4.74 Å². The summed E-state index contributed by atoms with van der Waals surface area (Å²) in [6, 6.07) is 5.77. The van der Waals surface area contributed by atoms with Gasteiger partial charge in [-0.05, 0) is 24.6 Å². The van der Waals surface area contributed by atoms with Crippen molar-refractivity contribution in [3.05, 3.63) is 35.5 Å². The van der Waals surface area contributed by atoms with Crippen molar-refractivity contribution in [1.29, 1.82) is 0 Å². The second kappa shape index (κ2) is 5.42. The summed E-state index contributed by atoms with van der Waals surface area (Å²) in [5.41, 5.74) is 0. The Morgan fingerprint density at radius 2 is 2.25 bits per heavy atom. The number of pyridine rings is 1. The Labute approximate surface area is 120 Å².